The molecule has 2 aromatic carbocycles. The molecule has 0 aliphatic carbocycles. The molecule has 0 aromatic heterocycles. The van der Waals surface area contributed by atoms with Gasteiger partial charge in [-0.25, -0.2) is 8.42 Å². The number of benzene rings is 2. The highest BCUT2D eigenvalue weighted by Gasteiger charge is 2.14. The Morgan fingerprint density at radius 2 is 1.80 bits per heavy atom. The van der Waals surface area contributed by atoms with Crippen molar-refractivity contribution >= 4 is 27.3 Å². The fourth-order valence-electron chi connectivity index (χ4n) is 2.32. The second kappa shape index (κ2) is 7.48. The van der Waals surface area contributed by atoms with Gasteiger partial charge in [-0.3, -0.25) is 9.59 Å². The summed E-state index contributed by atoms with van der Waals surface area (Å²) in [6, 6.07) is 11.6. The molecular formula is C18H20N2O4S. The molecule has 0 saturated carbocycles. The first-order valence-electron chi connectivity index (χ1n) is 7.62. The highest BCUT2D eigenvalue weighted by atomic mass is 32.2. The maximum absolute atomic E-state index is 12.4. The van der Waals surface area contributed by atoms with Crippen LogP contribution in [0, 0.1) is 6.92 Å². The minimum Gasteiger partial charge on any atom is -0.348 e. The fourth-order valence-corrected chi connectivity index (χ4v) is 2.96. The zero-order chi connectivity index (χ0) is 18.6. The number of aryl methyl sites for hydroxylation is 1. The molecular weight excluding hydrogens is 340 g/mol. The topological polar surface area (TPSA) is 92.3 Å². The number of anilines is 1. The standard InChI is InChI=1S/C18H20N2O4S/c1-12-7-8-16(25(3,23)24)10-17(12)18(22)19-11-14-5-4-6-15(9-14)20-13(2)21/h4-10H,11H2,1-3H3,(H,19,22)(H,20,21). The predicted molar refractivity (Wildman–Crippen MR) is 96.2 cm³/mol. The molecule has 0 unspecified atom stereocenters. The van der Waals surface area contributed by atoms with E-state index in [4.69, 9.17) is 0 Å². The van der Waals surface area contributed by atoms with Gasteiger partial charge in [-0.15, -0.1) is 0 Å². The van der Waals surface area contributed by atoms with Crippen LogP contribution in [-0.2, 0) is 21.2 Å². The molecule has 2 N–H and O–H groups in total. The van der Waals surface area contributed by atoms with E-state index >= 15 is 0 Å². The molecule has 0 bridgehead atoms. The van der Waals surface area contributed by atoms with Crippen LogP contribution >= 0.6 is 0 Å². The minimum absolute atomic E-state index is 0.107. The first-order valence-corrected chi connectivity index (χ1v) is 9.51. The molecule has 2 amide bonds. The summed E-state index contributed by atoms with van der Waals surface area (Å²) in [4.78, 5) is 23.6. The van der Waals surface area contributed by atoms with Gasteiger partial charge in [0.05, 0.1) is 4.90 Å². The maximum Gasteiger partial charge on any atom is 0.251 e. The van der Waals surface area contributed by atoms with Crippen molar-refractivity contribution in [2.45, 2.75) is 25.3 Å². The molecule has 0 heterocycles. The Hall–Kier alpha value is -2.67. The molecule has 2 rings (SSSR count). The lowest BCUT2D eigenvalue weighted by molar-refractivity contribution is -0.114. The molecule has 0 spiro atoms. The monoisotopic (exact) mass is 360 g/mol. The third-order valence-electron chi connectivity index (χ3n) is 3.58. The summed E-state index contributed by atoms with van der Waals surface area (Å²) >= 11 is 0. The van der Waals surface area contributed by atoms with E-state index in [0.717, 1.165) is 11.8 Å². The Kier molecular flexibility index (Phi) is 5.58. The van der Waals surface area contributed by atoms with Gasteiger partial charge in [0.15, 0.2) is 9.84 Å². The highest BCUT2D eigenvalue weighted by Crippen LogP contribution is 2.16. The summed E-state index contributed by atoms with van der Waals surface area (Å²) < 4.78 is 23.3. The van der Waals surface area contributed by atoms with Gasteiger partial charge in [0.25, 0.3) is 5.91 Å². The van der Waals surface area contributed by atoms with E-state index in [2.05, 4.69) is 10.6 Å². The van der Waals surface area contributed by atoms with Crippen molar-refractivity contribution in [3.05, 3.63) is 59.2 Å². The summed E-state index contributed by atoms with van der Waals surface area (Å²) in [5.41, 5.74) is 2.48. The minimum atomic E-state index is -3.38. The number of rotatable bonds is 5. The Labute approximate surface area is 147 Å². The molecule has 7 heteroatoms. The van der Waals surface area contributed by atoms with E-state index in [-0.39, 0.29) is 23.3 Å². The van der Waals surface area contributed by atoms with Crippen LogP contribution in [-0.4, -0.2) is 26.5 Å². The normalized spacial score (nSPS) is 11.0. The van der Waals surface area contributed by atoms with Crippen LogP contribution in [0.25, 0.3) is 0 Å². The van der Waals surface area contributed by atoms with Crippen LogP contribution in [0.4, 0.5) is 5.69 Å². The molecule has 0 fully saturated rings. The van der Waals surface area contributed by atoms with Gasteiger partial charge in [-0.2, -0.15) is 0 Å². The van der Waals surface area contributed by atoms with E-state index in [0.29, 0.717) is 16.8 Å². The van der Waals surface area contributed by atoms with Crippen molar-refractivity contribution in [1.82, 2.24) is 5.32 Å². The molecule has 0 radical (unpaired) electrons. The van der Waals surface area contributed by atoms with Crippen molar-refractivity contribution in [2.24, 2.45) is 0 Å². The largest absolute Gasteiger partial charge is 0.348 e. The van der Waals surface area contributed by atoms with Gasteiger partial charge in [0.1, 0.15) is 0 Å². The van der Waals surface area contributed by atoms with Crippen LogP contribution in [0.1, 0.15) is 28.4 Å². The SMILES string of the molecule is CC(=O)Nc1cccc(CNC(=O)c2cc(S(C)(=O)=O)ccc2C)c1. The Balaban J connectivity index is 2.14. The highest BCUT2D eigenvalue weighted by molar-refractivity contribution is 7.90. The second-order valence-electron chi connectivity index (χ2n) is 5.81. The van der Waals surface area contributed by atoms with Crippen LogP contribution in [0.15, 0.2) is 47.4 Å². The summed E-state index contributed by atoms with van der Waals surface area (Å²) in [5.74, 6) is -0.526. The zero-order valence-electron chi connectivity index (χ0n) is 14.3. The Morgan fingerprint density at radius 1 is 1.08 bits per heavy atom. The van der Waals surface area contributed by atoms with Gasteiger partial charge in [-0.05, 0) is 42.3 Å². The van der Waals surface area contributed by atoms with Gasteiger partial charge in [-0.1, -0.05) is 18.2 Å². The summed E-state index contributed by atoms with van der Waals surface area (Å²) in [7, 11) is -3.38. The second-order valence-corrected chi connectivity index (χ2v) is 7.83. The third-order valence-corrected chi connectivity index (χ3v) is 4.69. The average Bonchev–Trinajstić information content (AvgIpc) is 2.51. The van der Waals surface area contributed by atoms with Crippen molar-refractivity contribution in [3.63, 3.8) is 0 Å². The Bertz CT molecular complexity index is 920. The van der Waals surface area contributed by atoms with Gasteiger partial charge >= 0.3 is 0 Å². The van der Waals surface area contributed by atoms with Crippen molar-refractivity contribution < 1.29 is 18.0 Å². The van der Waals surface area contributed by atoms with Crippen LogP contribution in [0.5, 0.6) is 0 Å². The smallest absolute Gasteiger partial charge is 0.251 e. The lowest BCUT2D eigenvalue weighted by Crippen LogP contribution is -2.24. The van der Waals surface area contributed by atoms with Crippen molar-refractivity contribution in [2.75, 3.05) is 11.6 Å². The fraction of sp³-hybridized carbons (Fsp3) is 0.222. The van der Waals surface area contributed by atoms with Crippen molar-refractivity contribution in [3.8, 4) is 0 Å². The maximum atomic E-state index is 12.4. The summed E-state index contributed by atoms with van der Waals surface area (Å²) in [5, 5.41) is 5.45. The van der Waals surface area contributed by atoms with Crippen molar-refractivity contribution in [1.29, 1.82) is 0 Å². The van der Waals surface area contributed by atoms with Crippen LogP contribution in [0.3, 0.4) is 0 Å². The van der Waals surface area contributed by atoms with Gasteiger partial charge in [0, 0.05) is 31.0 Å². The lowest BCUT2D eigenvalue weighted by atomic mass is 10.1. The van der Waals surface area contributed by atoms with E-state index in [9.17, 15) is 18.0 Å². The summed E-state index contributed by atoms with van der Waals surface area (Å²) in [6.45, 7) is 3.43. The molecule has 25 heavy (non-hydrogen) atoms. The molecule has 132 valence electrons. The van der Waals surface area contributed by atoms with Gasteiger partial charge < -0.3 is 10.6 Å². The van der Waals surface area contributed by atoms with E-state index in [1.807, 2.05) is 6.07 Å². The predicted octanol–water partition coefficient (Wildman–Crippen LogP) is 2.29. The molecule has 2 aromatic rings. The molecule has 0 saturated heterocycles. The van der Waals surface area contributed by atoms with Gasteiger partial charge in [0.2, 0.25) is 5.91 Å². The number of amides is 2. The lowest BCUT2D eigenvalue weighted by Gasteiger charge is -2.10. The molecule has 6 nitrogen and oxygen atoms in total. The number of nitrogens with one attached hydrogen (secondary N) is 2. The zero-order valence-corrected chi connectivity index (χ0v) is 15.1. The number of carbonyl (C=O) groups excluding carboxylic acids is 2. The van der Waals surface area contributed by atoms with E-state index in [1.165, 1.54) is 19.1 Å². The third kappa shape index (κ3) is 5.15. The Morgan fingerprint density at radius 3 is 2.44 bits per heavy atom. The molecule has 0 atom stereocenters. The van der Waals surface area contributed by atoms with E-state index in [1.54, 1.807) is 31.2 Å². The van der Waals surface area contributed by atoms with Crippen LogP contribution in [0.2, 0.25) is 0 Å². The summed E-state index contributed by atoms with van der Waals surface area (Å²) in [6.07, 6.45) is 1.10. The first-order chi connectivity index (χ1) is 11.7. The number of hydrogen-bond acceptors (Lipinski definition) is 4. The van der Waals surface area contributed by atoms with E-state index < -0.39 is 9.84 Å². The number of hydrogen-bond donors (Lipinski definition) is 2. The van der Waals surface area contributed by atoms with Crippen LogP contribution < -0.4 is 10.6 Å². The average molecular weight is 360 g/mol. The number of sulfone groups is 1. The first kappa shape index (κ1) is 18.7. The number of carbonyl (C=O) groups is 2. The quantitative estimate of drug-likeness (QED) is 0.856. The molecule has 0 aliphatic rings. The molecule has 0 aliphatic heterocycles.